The summed E-state index contributed by atoms with van der Waals surface area (Å²) in [5, 5.41) is 4.61. The number of nitrogens with zero attached hydrogens (tertiary/aromatic N) is 1. The quantitative estimate of drug-likeness (QED) is 0.750. The molecule has 0 amide bonds. The Labute approximate surface area is 126 Å². The van der Waals surface area contributed by atoms with E-state index < -0.39 is 0 Å². The van der Waals surface area contributed by atoms with Gasteiger partial charge >= 0.3 is 0 Å². The molecule has 2 aromatic carbocycles. The van der Waals surface area contributed by atoms with Crippen LogP contribution in [-0.4, -0.2) is 17.7 Å². The summed E-state index contributed by atoms with van der Waals surface area (Å²) in [4.78, 5) is 0. The molecule has 0 fully saturated rings. The number of fused-ring (bicyclic) bond motifs is 1. The van der Waals surface area contributed by atoms with Gasteiger partial charge in [0.1, 0.15) is 0 Å². The van der Waals surface area contributed by atoms with Gasteiger partial charge in [0.2, 0.25) is 0 Å². The van der Waals surface area contributed by atoms with Crippen LogP contribution in [0.2, 0.25) is 0 Å². The number of hydrogen-bond acceptors (Lipinski definition) is 1. The number of benzene rings is 2. The van der Waals surface area contributed by atoms with Crippen molar-refractivity contribution >= 4 is 10.9 Å². The monoisotopic (exact) mass is 278 g/mol. The van der Waals surface area contributed by atoms with Crippen molar-refractivity contribution in [3.63, 3.8) is 0 Å². The van der Waals surface area contributed by atoms with Crippen LogP contribution in [0.1, 0.15) is 18.1 Å². The van der Waals surface area contributed by atoms with Crippen molar-refractivity contribution in [2.24, 2.45) is 0 Å². The van der Waals surface area contributed by atoms with E-state index in [1.165, 1.54) is 22.0 Å². The van der Waals surface area contributed by atoms with Gasteiger partial charge in [-0.15, -0.1) is 0 Å². The number of rotatable bonds is 5. The summed E-state index contributed by atoms with van der Waals surface area (Å²) in [6, 6.07) is 20.1. The highest BCUT2D eigenvalue weighted by Gasteiger charge is 2.05. The van der Waals surface area contributed by atoms with Crippen LogP contribution in [0.4, 0.5) is 0 Å². The Hall–Kier alpha value is -2.06. The summed E-state index contributed by atoms with van der Waals surface area (Å²) in [5.74, 6) is 0. The van der Waals surface area contributed by atoms with Crippen molar-refractivity contribution in [3.05, 3.63) is 71.9 Å². The van der Waals surface area contributed by atoms with Gasteiger partial charge in [-0.1, -0.05) is 42.5 Å². The normalized spacial score (nSPS) is 12.7. The lowest BCUT2D eigenvalue weighted by molar-refractivity contribution is 0.609. The molecule has 1 N–H and O–H groups in total. The van der Waals surface area contributed by atoms with Crippen molar-refractivity contribution in [1.29, 1.82) is 0 Å². The zero-order chi connectivity index (χ0) is 14.7. The first-order chi connectivity index (χ1) is 10.3. The van der Waals surface area contributed by atoms with Gasteiger partial charge in [0.05, 0.1) is 0 Å². The molecular weight excluding hydrogens is 256 g/mol. The van der Waals surface area contributed by atoms with Crippen molar-refractivity contribution in [2.75, 3.05) is 7.05 Å². The molecule has 2 nitrogen and oxygen atoms in total. The van der Waals surface area contributed by atoms with Gasteiger partial charge in [0.15, 0.2) is 0 Å². The van der Waals surface area contributed by atoms with E-state index in [0.717, 1.165) is 13.0 Å². The summed E-state index contributed by atoms with van der Waals surface area (Å²) >= 11 is 0. The first-order valence-electron chi connectivity index (χ1n) is 7.55. The van der Waals surface area contributed by atoms with Crippen LogP contribution in [0.15, 0.2) is 60.8 Å². The van der Waals surface area contributed by atoms with Crippen LogP contribution in [0.3, 0.4) is 0 Å². The van der Waals surface area contributed by atoms with E-state index in [0.29, 0.717) is 6.04 Å². The second kappa shape index (κ2) is 6.15. The summed E-state index contributed by atoms with van der Waals surface area (Å²) < 4.78 is 2.33. The van der Waals surface area contributed by atoms with Gasteiger partial charge < -0.3 is 9.88 Å². The van der Waals surface area contributed by atoms with Crippen LogP contribution >= 0.6 is 0 Å². The molecule has 1 atom stereocenters. The Balaban J connectivity index is 1.90. The molecule has 0 aliphatic rings. The SMILES string of the molecule is CNC(C)Cc1ccc2ccn(Cc3ccccc3)c2c1. The smallest absolute Gasteiger partial charge is 0.0486 e. The molecule has 0 spiro atoms. The summed E-state index contributed by atoms with van der Waals surface area (Å²) in [6.07, 6.45) is 3.24. The molecule has 0 radical (unpaired) electrons. The molecule has 3 rings (SSSR count). The minimum Gasteiger partial charge on any atom is -0.343 e. The summed E-state index contributed by atoms with van der Waals surface area (Å²) in [7, 11) is 2.02. The van der Waals surface area contributed by atoms with Crippen molar-refractivity contribution < 1.29 is 0 Å². The fourth-order valence-corrected chi connectivity index (χ4v) is 2.73. The number of nitrogens with one attached hydrogen (secondary N) is 1. The molecule has 1 heterocycles. The van der Waals surface area contributed by atoms with Crippen molar-refractivity contribution in [3.8, 4) is 0 Å². The third-order valence-corrected chi connectivity index (χ3v) is 4.07. The maximum atomic E-state index is 3.30. The summed E-state index contributed by atoms with van der Waals surface area (Å²) in [6.45, 7) is 3.14. The highest BCUT2D eigenvalue weighted by molar-refractivity contribution is 5.81. The molecule has 21 heavy (non-hydrogen) atoms. The van der Waals surface area contributed by atoms with Crippen LogP contribution < -0.4 is 5.32 Å². The molecule has 0 saturated carbocycles. The maximum absolute atomic E-state index is 3.30. The van der Waals surface area contributed by atoms with Gasteiger partial charge in [-0.2, -0.15) is 0 Å². The van der Waals surface area contributed by atoms with Crippen LogP contribution in [0.25, 0.3) is 10.9 Å². The van der Waals surface area contributed by atoms with Crippen molar-refractivity contribution in [2.45, 2.75) is 25.9 Å². The second-order valence-corrected chi connectivity index (χ2v) is 5.72. The van der Waals surface area contributed by atoms with E-state index in [9.17, 15) is 0 Å². The third-order valence-electron chi connectivity index (χ3n) is 4.07. The molecule has 2 heteroatoms. The fourth-order valence-electron chi connectivity index (χ4n) is 2.73. The highest BCUT2D eigenvalue weighted by atomic mass is 14.9. The molecule has 108 valence electrons. The topological polar surface area (TPSA) is 17.0 Å². The molecule has 1 unspecified atom stereocenters. The Morgan fingerprint density at radius 3 is 2.57 bits per heavy atom. The first-order valence-corrected chi connectivity index (χ1v) is 7.55. The Morgan fingerprint density at radius 2 is 1.81 bits per heavy atom. The van der Waals surface area contributed by atoms with Crippen LogP contribution in [0, 0.1) is 0 Å². The van der Waals surface area contributed by atoms with E-state index >= 15 is 0 Å². The largest absolute Gasteiger partial charge is 0.343 e. The Morgan fingerprint density at radius 1 is 1.00 bits per heavy atom. The molecule has 0 bridgehead atoms. The Bertz CT molecular complexity index is 713. The zero-order valence-electron chi connectivity index (χ0n) is 12.7. The van der Waals surface area contributed by atoms with Crippen LogP contribution in [-0.2, 0) is 13.0 Å². The molecule has 0 saturated heterocycles. The fraction of sp³-hybridized carbons (Fsp3) is 0.263. The van der Waals surface area contributed by atoms with E-state index in [-0.39, 0.29) is 0 Å². The minimum atomic E-state index is 0.500. The first kappa shape index (κ1) is 13.9. The molecule has 1 aromatic heterocycles. The lowest BCUT2D eigenvalue weighted by atomic mass is 10.1. The molecule has 0 aliphatic carbocycles. The Kier molecular flexibility index (Phi) is 4.07. The van der Waals surface area contributed by atoms with Gasteiger partial charge in [-0.05, 0) is 49.0 Å². The lowest BCUT2D eigenvalue weighted by Crippen LogP contribution is -2.23. The number of aromatic nitrogens is 1. The van der Waals surface area contributed by atoms with E-state index in [4.69, 9.17) is 0 Å². The number of hydrogen-bond donors (Lipinski definition) is 1. The average Bonchev–Trinajstić information content (AvgIpc) is 2.91. The van der Waals surface area contributed by atoms with E-state index in [2.05, 4.69) is 77.6 Å². The molecular formula is C19H22N2. The predicted molar refractivity (Wildman–Crippen MR) is 89.7 cm³/mol. The zero-order valence-corrected chi connectivity index (χ0v) is 12.7. The van der Waals surface area contributed by atoms with Gasteiger partial charge in [0, 0.05) is 24.3 Å². The second-order valence-electron chi connectivity index (χ2n) is 5.72. The third kappa shape index (κ3) is 3.17. The van der Waals surface area contributed by atoms with E-state index in [1.54, 1.807) is 0 Å². The molecule has 3 aromatic rings. The predicted octanol–water partition coefficient (Wildman–Crippen LogP) is 3.84. The minimum absolute atomic E-state index is 0.500. The van der Waals surface area contributed by atoms with Gasteiger partial charge in [-0.25, -0.2) is 0 Å². The maximum Gasteiger partial charge on any atom is 0.0486 e. The number of likely N-dealkylation sites (N-methyl/N-ethyl adjacent to an activating group) is 1. The van der Waals surface area contributed by atoms with Crippen LogP contribution in [0.5, 0.6) is 0 Å². The average molecular weight is 278 g/mol. The molecule has 0 aliphatic heterocycles. The van der Waals surface area contributed by atoms with Crippen molar-refractivity contribution in [1.82, 2.24) is 9.88 Å². The summed E-state index contributed by atoms with van der Waals surface area (Å²) in [5.41, 5.74) is 4.04. The van der Waals surface area contributed by atoms with Gasteiger partial charge in [-0.3, -0.25) is 0 Å². The highest BCUT2D eigenvalue weighted by Crippen LogP contribution is 2.20. The van der Waals surface area contributed by atoms with E-state index in [1.807, 2.05) is 7.05 Å². The van der Waals surface area contributed by atoms with Gasteiger partial charge in [0.25, 0.3) is 0 Å². The standard InChI is InChI=1S/C19H22N2/c1-15(20-2)12-17-8-9-18-10-11-21(19(18)13-17)14-16-6-4-3-5-7-16/h3-11,13,15,20H,12,14H2,1-2H3. The lowest BCUT2D eigenvalue weighted by Gasteiger charge is -2.11.